The second-order valence-electron chi connectivity index (χ2n) is 7.66. The molecule has 168 valence electrons. The number of pyridine rings is 1. The van der Waals surface area contributed by atoms with Crippen LogP contribution in [-0.4, -0.2) is 45.1 Å². The number of carboxylic acids is 1. The van der Waals surface area contributed by atoms with Gasteiger partial charge in [-0.1, -0.05) is 24.6 Å². The van der Waals surface area contributed by atoms with Gasteiger partial charge in [0.05, 0.1) is 5.92 Å². The third kappa shape index (κ3) is 4.10. The number of β-lactam (4-membered cyclic amide) rings is 1. The van der Waals surface area contributed by atoms with E-state index in [9.17, 15) is 28.3 Å². The fourth-order valence-corrected chi connectivity index (χ4v) is 4.08. The van der Waals surface area contributed by atoms with Crippen LogP contribution in [0.15, 0.2) is 36.5 Å². The molecular formula is C21H17ClF2N2O6. The van der Waals surface area contributed by atoms with Gasteiger partial charge in [0.2, 0.25) is 11.8 Å². The number of aromatic nitrogens is 1. The van der Waals surface area contributed by atoms with E-state index in [1.165, 1.54) is 30.5 Å². The van der Waals surface area contributed by atoms with Crippen LogP contribution in [-0.2, 0) is 20.8 Å². The summed E-state index contributed by atoms with van der Waals surface area (Å²) in [6.45, 7) is 1.66. The topological polar surface area (TPSA) is 106 Å². The summed E-state index contributed by atoms with van der Waals surface area (Å²) in [6, 6.07) is 5.99. The number of ether oxygens (including phenoxy) is 2. The Labute approximate surface area is 185 Å². The van der Waals surface area contributed by atoms with Gasteiger partial charge in [-0.25, -0.2) is 9.78 Å². The summed E-state index contributed by atoms with van der Waals surface area (Å²) in [5, 5.41) is 9.81. The quantitative estimate of drug-likeness (QED) is 0.514. The van der Waals surface area contributed by atoms with Crippen LogP contribution >= 0.6 is 11.6 Å². The van der Waals surface area contributed by atoms with E-state index in [-0.39, 0.29) is 29.5 Å². The minimum absolute atomic E-state index is 0.105. The summed E-state index contributed by atoms with van der Waals surface area (Å²) in [6.07, 6.45) is -2.40. The van der Waals surface area contributed by atoms with Gasteiger partial charge in [-0.3, -0.25) is 14.5 Å². The highest BCUT2D eigenvalue weighted by Crippen LogP contribution is 2.42. The highest BCUT2D eigenvalue weighted by Gasteiger charge is 2.54. The van der Waals surface area contributed by atoms with E-state index in [4.69, 9.17) is 11.6 Å². The van der Waals surface area contributed by atoms with Crippen LogP contribution in [0.5, 0.6) is 11.5 Å². The molecule has 3 atom stereocenters. The maximum absolute atomic E-state index is 13.2. The lowest BCUT2D eigenvalue weighted by Gasteiger charge is -2.43. The van der Waals surface area contributed by atoms with E-state index >= 15 is 0 Å². The number of carboxylic acid groups (broad SMARTS) is 1. The first-order chi connectivity index (χ1) is 15.1. The van der Waals surface area contributed by atoms with Gasteiger partial charge >= 0.3 is 12.3 Å². The zero-order valence-electron chi connectivity index (χ0n) is 16.6. The predicted octanol–water partition coefficient (Wildman–Crippen LogP) is 3.23. The Morgan fingerprint density at radius 3 is 2.66 bits per heavy atom. The second kappa shape index (κ2) is 8.01. The monoisotopic (exact) mass is 466 g/mol. The Bertz CT molecular complexity index is 1110. The molecule has 0 unspecified atom stereocenters. The maximum Gasteiger partial charge on any atom is 0.586 e. The number of carbonyl (C=O) groups is 3. The van der Waals surface area contributed by atoms with E-state index in [1.54, 1.807) is 13.0 Å². The number of carbonyl (C=O) groups excluding carboxylic acids is 2. The molecule has 1 aromatic heterocycles. The number of imide groups is 1. The van der Waals surface area contributed by atoms with Gasteiger partial charge in [-0.15, -0.1) is 8.78 Å². The number of fused-ring (bicyclic) bond motifs is 1. The Morgan fingerprint density at radius 1 is 1.25 bits per heavy atom. The zero-order chi connectivity index (χ0) is 23.2. The molecule has 2 aromatic rings. The predicted molar refractivity (Wildman–Crippen MR) is 105 cm³/mol. The lowest BCUT2D eigenvalue weighted by molar-refractivity contribution is -0.286. The molecule has 0 radical (unpaired) electrons. The SMILES string of the molecule is C[C@@H](CC(=O)N1C(=O)[C@H](Cc2ccnc(Cl)c2)[C@H]1C(=O)O)c1ccc2c(c1)OC(F)(F)O2. The fourth-order valence-electron chi connectivity index (χ4n) is 3.88. The van der Waals surface area contributed by atoms with Crippen LogP contribution in [0.4, 0.5) is 8.78 Å². The molecule has 2 amide bonds. The summed E-state index contributed by atoms with van der Waals surface area (Å²) in [4.78, 5) is 41.7. The molecule has 1 saturated heterocycles. The summed E-state index contributed by atoms with van der Waals surface area (Å²) < 4.78 is 35.2. The number of hydrogen-bond acceptors (Lipinski definition) is 6. The number of aliphatic carboxylic acids is 1. The van der Waals surface area contributed by atoms with Crippen LogP contribution in [0.3, 0.4) is 0 Å². The fraction of sp³-hybridized carbons (Fsp3) is 0.333. The average Bonchev–Trinajstić information content (AvgIpc) is 3.02. The minimum Gasteiger partial charge on any atom is -0.480 e. The summed E-state index contributed by atoms with van der Waals surface area (Å²) in [7, 11) is 0. The normalized spacial score (nSPS) is 21.8. The largest absolute Gasteiger partial charge is 0.586 e. The first-order valence-electron chi connectivity index (χ1n) is 9.64. The Hall–Kier alpha value is -3.27. The molecule has 0 bridgehead atoms. The van der Waals surface area contributed by atoms with Crippen LogP contribution < -0.4 is 9.47 Å². The van der Waals surface area contributed by atoms with Crippen LogP contribution in [0.25, 0.3) is 0 Å². The molecular weight excluding hydrogens is 450 g/mol. The Balaban J connectivity index is 1.45. The van der Waals surface area contributed by atoms with Crippen molar-refractivity contribution in [2.75, 3.05) is 0 Å². The van der Waals surface area contributed by atoms with Gasteiger partial charge in [0.1, 0.15) is 11.2 Å². The minimum atomic E-state index is -3.76. The number of alkyl halides is 2. The van der Waals surface area contributed by atoms with Gasteiger partial charge in [-0.05, 0) is 47.7 Å². The standard InChI is InChI=1S/C21H17ClF2N2O6/c1-10(12-2-3-14-15(9-12)32-21(23,24)31-14)6-17(27)26-18(20(29)30)13(19(26)28)7-11-4-5-25-16(22)8-11/h2-5,8-10,13,18H,6-7H2,1H3,(H,29,30)/t10-,13+,18-/m0/s1. The van der Waals surface area contributed by atoms with Crippen LogP contribution in [0.1, 0.15) is 30.4 Å². The summed E-state index contributed by atoms with van der Waals surface area (Å²) in [5.74, 6) is -4.23. The van der Waals surface area contributed by atoms with Gasteiger partial charge in [0.25, 0.3) is 0 Å². The molecule has 32 heavy (non-hydrogen) atoms. The molecule has 1 aromatic carbocycles. The van der Waals surface area contributed by atoms with Gasteiger partial charge in [0.15, 0.2) is 11.5 Å². The zero-order valence-corrected chi connectivity index (χ0v) is 17.4. The van der Waals surface area contributed by atoms with E-state index < -0.39 is 42.0 Å². The van der Waals surface area contributed by atoms with Crippen molar-refractivity contribution in [1.82, 2.24) is 9.88 Å². The maximum atomic E-state index is 13.2. The smallest absolute Gasteiger partial charge is 0.480 e. The molecule has 1 N–H and O–H groups in total. The molecule has 2 aliphatic rings. The number of hydrogen-bond donors (Lipinski definition) is 1. The van der Waals surface area contributed by atoms with E-state index in [0.717, 1.165) is 4.90 Å². The number of benzene rings is 1. The average molecular weight is 467 g/mol. The lowest BCUT2D eigenvalue weighted by Crippen LogP contribution is -2.66. The third-order valence-corrected chi connectivity index (χ3v) is 5.66. The van der Waals surface area contributed by atoms with Crippen molar-refractivity contribution in [1.29, 1.82) is 0 Å². The first kappa shape index (κ1) is 21.9. The van der Waals surface area contributed by atoms with Crippen molar-refractivity contribution in [3.8, 4) is 11.5 Å². The van der Waals surface area contributed by atoms with E-state index in [1.807, 2.05) is 0 Å². The number of halogens is 3. The first-order valence-corrected chi connectivity index (χ1v) is 10.0. The molecule has 8 nitrogen and oxygen atoms in total. The molecule has 0 aliphatic carbocycles. The number of likely N-dealkylation sites (tertiary alicyclic amines) is 1. The summed E-state index contributed by atoms with van der Waals surface area (Å²) >= 11 is 5.84. The van der Waals surface area contributed by atoms with Gasteiger partial charge in [-0.2, -0.15) is 0 Å². The van der Waals surface area contributed by atoms with E-state index in [0.29, 0.717) is 11.1 Å². The molecule has 0 spiro atoms. The lowest BCUT2D eigenvalue weighted by atomic mass is 9.81. The molecule has 3 heterocycles. The van der Waals surface area contributed by atoms with Crippen molar-refractivity contribution in [2.24, 2.45) is 5.92 Å². The molecule has 4 rings (SSSR count). The Morgan fingerprint density at radius 2 is 1.97 bits per heavy atom. The Kier molecular flexibility index (Phi) is 5.49. The molecule has 11 heteroatoms. The van der Waals surface area contributed by atoms with Crippen molar-refractivity contribution in [3.05, 3.63) is 52.8 Å². The van der Waals surface area contributed by atoms with Crippen LogP contribution in [0.2, 0.25) is 5.15 Å². The van der Waals surface area contributed by atoms with E-state index in [2.05, 4.69) is 14.5 Å². The van der Waals surface area contributed by atoms with Crippen LogP contribution in [0, 0.1) is 5.92 Å². The van der Waals surface area contributed by atoms with Gasteiger partial charge in [0, 0.05) is 12.6 Å². The number of amides is 2. The van der Waals surface area contributed by atoms with Crippen molar-refractivity contribution >= 4 is 29.4 Å². The third-order valence-electron chi connectivity index (χ3n) is 5.46. The second-order valence-corrected chi connectivity index (χ2v) is 8.05. The highest BCUT2D eigenvalue weighted by atomic mass is 35.5. The number of rotatable bonds is 6. The van der Waals surface area contributed by atoms with Crippen molar-refractivity contribution in [2.45, 2.75) is 38.0 Å². The highest BCUT2D eigenvalue weighted by molar-refractivity contribution is 6.29. The number of nitrogens with zero attached hydrogens (tertiary/aromatic N) is 2. The van der Waals surface area contributed by atoms with Crippen molar-refractivity contribution < 1.29 is 37.7 Å². The molecule has 0 saturated carbocycles. The molecule has 2 aliphatic heterocycles. The summed E-state index contributed by atoms with van der Waals surface area (Å²) in [5.41, 5.74) is 1.13. The molecule has 1 fully saturated rings. The van der Waals surface area contributed by atoms with Crippen molar-refractivity contribution in [3.63, 3.8) is 0 Å². The van der Waals surface area contributed by atoms with Gasteiger partial charge < -0.3 is 14.6 Å².